The molecule has 0 bridgehead atoms. The maximum absolute atomic E-state index is 13.4. The molecule has 0 spiro atoms. The van der Waals surface area contributed by atoms with E-state index < -0.39 is 0 Å². The number of ether oxygens (including phenoxy) is 2. The first-order valence-electron chi connectivity index (χ1n) is 11.3. The van der Waals surface area contributed by atoms with Crippen molar-refractivity contribution in [1.29, 1.82) is 0 Å². The maximum Gasteiger partial charge on any atom is 0.282 e. The summed E-state index contributed by atoms with van der Waals surface area (Å²) in [5.41, 5.74) is 2.15. The molecule has 6 nitrogen and oxygen atoms in total. The van der Waals surface area contributed by atoms with Gasteiger partial charge in [-0.05, 0) is 55.7 Å². The lowest BCUT2D eigenvalue weighted by Crippen LogP contribution is -2.23. The van der Waals surface area contributed by atoms with Crippen LogP contribution in [0.25, 0.3) is 10.9 Å². The number of rotatable bonds is 11. The highest BCUT2D eigenvalue weighted by molar-refractivity contribution is 9.10. The first kappa shape index (κ1) is 25.4. The molecule has 3 rings (SSSR count). The normalized spacial score (nSPS) is 12.1. The van der Waals surface area contributed by atoms with Crippen LogP contribution in [0.15, 0.2) is 70.0 Å². The third-order valence-electron chi connectivity index (χ3n) is 5.37. The van der Waals surface area contributed by atoms with Gasteiger partial charge in [0.05, 0.1) is 23.7 Å². The number of nitrogens with zero attached hydrogens (tertiary/aromatic N) is 3. The Bertz CT molecular complexity index is 1280. The molecule has 178 valence electrons. The van der Waals surface area contributed by atoms with Crippen LogP contribution >= 0.6 is 15.9 Å². The standard InChI is InChI=1S/C27H30BrN3O3/c1-6-10-20-14-19(15-24(33-9-4)25(20)34-13-7-2)17-29-31-26(18(5)8-3)30-23-12-11-21(28)16-22(23)27(31)32/h6-7,11-12,14-18H,1-2,8-10,13H2,3-5H3/t18-/m1/s1. The number of halogens is 1. The Morgan fingerprint density at radius 3 is 2.65 bits per heavy atom. The third-order valence-corrected chi connectivity index (χ3v) is 5.87. The van der Waals surface area contributed by atoms with Gasteiger partial charge in [-0.1, -0.05) is 48.5 Å². The van der Waals surface area contributed by atoms with Crippen molar-refractivity contribution in [1.82, 2.24) is 9.66 Å². The van der Waals surface area contributed by atoms with E-state index in [1.807, 2.05) is 44.2 Å². The fourth-order valence-corrected chi connectivity index (χ4v) is 3.90. The maximum atomic E-state index is 13.4. The van der Waals surface area contributed by atoms with Gasteiger partial charge in [0, 0.05) is 16.0 Å². The van der Waals surface area contributed by atoms with Crippen molar-refractivity contribution in [2.75, 3.05) is 13.2 Å². The minimum Gasteiger partial charge on any atom is -0.490 e. The Hall–Kier alpha value is -3.19. The monoisotopic (exact) mass is 523 g/mol. The summed E-state index contributed by atoms with van der Waals surface area (Å²) < 4.78 is 13.9. The summed E-state index contributed by atoms with van der Waals surface area (Å²) in [6.45, 7) is 14.5. The molecule has 0 saturated carbocycles. The largest absolute Gasteiger partial charge is 0.490 e. The lowest BCUT2D eigenvalue weighted by molar-refractivity contribution is 0.295. The van der Waals surface area contributed by atoms with Gasteiger partial charge in [0.25, 0.3) is 5.56 Å². The number of aromatic nitrogens is 2. The van der Waals surface area contributed by atoms with Crippen LogP contribution in [0.1, 0.15) is 50.1 Å². The molecule has 1 atom stereocenters. The van der Waals surface area contributed by atoms with Crippen LogP contribution in [-0.2, 0) is 6.42 Å². The molecule has 0 amide bonds. The van der Waals surface area contributed by atoms with Crippen LogP contribution in [0.4, 0.5) is 0 Å². The highest BCUT2D eigenvalue weighted by Gasteiger charge is 2.16. The number of hydrogen-bond donors (Lipinski definition) is 0. The quantitative estimate of drug-likeness (QED) is 0.220. The van der Waals surface area contributed by atoms with Crippen LogP contribution in [-0.4, -0.2) is 29.1 Å². The van der Waals surface area contributed by atoms with Crippen molar-refractivity contribution in [3.8, 4) is 11.5 Å². The van der Waals surface area contributed by atoms with Crippen LogP contribution < -0.4 is 15.0 Å². The van der Waals surface area contributed by atoms with Crippen LogP contribution in [0.5, 0.6) is 11.5 Å². The molecular formula is C27H30BrN3O3. The summed E-state index contributed by atoms with van der Waals surface area (Å²) in [5, 5.41) is 5.09. The van der Waals surface area contributed by atoms with Crippen molar-refractivity contribution < 1.29 is 9.47 Å². The second-order valence-electron chi connectivity index (χ2n) is 7.84. The highest BCUT2D eigenvalue weighted by Crippen LogP contribution is 2.33. The number of hydrogen-bond acceptors (Lipinski definition) is 5. The van der Waals surface area contributed by atoms with Gasteiger partial charge >= 0.3 is 0 Å². The summed E-state index contributed by atoms with van der Waals surface area (Å²) in [4.78, 5) is 18.1. The molecule has 0 fully saturated rings. The molecule has 0 N–H and O–H groups in total. The van der Waals surface area contributed by atoms with Gasteiger partial charge in [0.2, 0.25) is 0 Å². The molecular weight excluding hydrogens is 494 g/mol. The van der Waals surface area contributed by atoms with E-state index in [2.05, 4.69) is 41.1 Å². The van der Waals surface area contributed by atoms with Crippen LogP contribution in [0.2, 0.25) is 0 Å². The Balaban J connectivity index is 2.16. The molecule has 0 radical (unpaired) electrons. The van der Waals surface area contributed by atoms with E-state index in [1.165, 1.54) is 4.68 Å². The van der Waals surface area contributed by atoms with Gasteiger partial charge in [-0.3, -0.25) is 4.79 Å². The van der Waals surface area contributed by atoms with Crippen molar-refractivity contribution in [2.24, 2.45) is 5.10 Å². The highest BCUT2D eigenvalue weighted by atomic mass is 79.9. The van der Waals surface area contributed by atoms with Gasteiger partial charge in [0.1, 0.15) is 12.4 Å². The lowest BCUT2D eigenvalue weighted by atomic mass is 10.1. The first-order valence-corrected chi connectivity index (χ1v) is 12.1. The minimum absolute atomic E-state index is 0.0582. The number of fused-ring (bicyclic) bond motifs is 1. The Labute approximate surface area is 208 Å². The fourth-order valence-electron chi connectivity index (χ4n) is 3.54. The topological polar surface area (TPSA) is 65.7 Å². The van der Waals surface area contributed by atoms with Crippen molar-refractivity contribution >= 4 is 33.0 Å². The van der Waals surface area contributed by atoms with Crippen molar-refractivity contribution in [3.63, 3.8) is 0 Å². The van der Waals surface area contributed by atoms with E-state index in [4.69, 9.17) is 14.5 Å². The van der Waals surface area contributed by atoms with E-state index in [1.54, 1.807) is 18.4 Å². The molecule has 1 aromatic heterocycles. The van der Waals surface area contributed by atoms with Gasteiger partial charge < -0.3 is 9.47 Å². The molecule has 1 heterocycles. The number of allylic oxidation sites excluding steroid dienone is 1. The fraction of sp³-hybridized carbons (Fsp3) is 0.296. The molecule has 2 aromatic carbocycles. The third kappa shape index (κ3) is 5.65. The zero-order chi connectivity index (χ0) is 24.7. The van der Waals surface area contributed by atoms with Crippen LogP contribution in [0, 0.1) is 0 Å². The minimum atomic E-state index is -0.208. The van der Waals surface area contributed by atoms with Crippen LogP contribution in [0.3, 0.4) is 0 Å². The molecule has 0 aliphatic heterocycles. The second kappa shape index (κ2) is 11.8. The average molecular weight is 524 g/mol. The van der Waals surface area contributed by atoms with E-state index in [0.29, 0.717) is 47.9 Å². The average Bonchev–Trinajstić information content (AvgIpc) is 2.83. The first-order chi connectivity index (χ1) is 16.4. The number of benzene rings is 2. The van der Waals surface area contributed by atoms with Gasteiger partial charge in [0.15, 0.2) is 11.5 Å². The Morgan fingerprint density at radius 2 is 1.97 bits per heavy atom. The van der Waals surface area contributed by atoms with Gasteiger partial charge in [-0.15, -0.1) is 6.58 Å². The molecule has 0 saturated heterocycles. The Morgan fingerprint density at radius 1 is 1.18 bits per heavy atom. The van der Waals surface area contributed by atoms with Crippen molar-refractivity contribution in [3.05, 3.63) is 87.4 Å². The van der Waals surface area contributed by atoms with Gasteiger partial charge in [-0.2, -0.15) is 9.78 Å². The molecule has 0 unspecified atom stereocenters. The lowest BCUT2D eigenvalue weighted by Gasteiger charge is -2.16. The van der Waals surface area contributed by atoms with Crippen molar-refractivity contribution in [2.45, 2.75) is 39.5 Å². The summed E-state index contributed by atoms with van der Waals surface area (Å²) >= 11 is 3.44. The van der Waals surface area contributed by atoms with Gasteiger partial charge in [-0.25, -0.2) is 4.98 Å². The molecule has 3 aromatic rings. The van der Waals surface area contributed by atoms with E-state index in [-0.39, 0.29) is 11.5 Å². The molecule has 7 heteroatoms. The SMILES string of the molecule is C=CCOc1c(CC=C)cc(C=Nn2c([C@H](C)CC)nc3ccc(Br)cc3c2=O)cc1OCC. The summed E-state index contributed by atoms with van der Waals surface area (Å²) in [6.07, 6.45) is 6.58. The zero-order valence-corrected chi connectivity index (χ0v) is 21.5. The Kier molecular flexibility index (Phi) is 8.82. The molecule has 0 aliphatic rings. The molecule has 0 aliphatic carbocycles. The van der Waals surface area contributed by atoms with E-state index >= 15 is 0 Å². The zero-order valence-electron chi connectivity index (χ0n) is 19.9. The summed E-state index contributed by atoms with van der Waals surface area (Å²) in [7, 11) is 0. The second-order valence-corrected chi connectivity index (χ2v) is 8.75. The summed E-state index contributed by atoms with van der Waals surface area (Å²) in [6, 6.07) is 9.33. The van der Waals surface area contributed by atoms with E-state index in [9.17, 15) is 4.79 Å². The predicted octanol–water partition coefficient (Wildman–Crippen LogP) is 6.25. The van der Waals surface area contributed by atoms with E-state index in [0.717, 1.165) is 22.0 Å². The predicted molar refractivity (Wildman–Crippen MR) is 143 cm³/mol. The summed E-state index contributed by atoms with van der Waals surface area (Å²) in [5.74, 6) is 1.96. The smallest absolute Gasteiger partial charge is 0.282 e. The molecule has 34 heavy (non-hydrogen) atoms.